The summed E-state index contributed by atoms with van der Waals surface area (Å²) in [7, 11) is 0. The molecule has 0 aliphatic carbocycles. The van der Waals surface area contributed by atoms with Gasteiger partial charge in [0, 0.05) is 25.5 Å². The Morgan fingerprint density at radius 1 is 1.59 bits per heavy atom. The van der Waals surface area contributed by atoms with Crippen LogP contribution in [0.15, 0.2) is 24.0 Å². The molecule has 6 nitrogen and oxygen atoms in total. The lowest BCUT2D eigenvalue weighted by Gasteiger charge is -2.04. The van der Waals surface area contributed by atoms with E-state index in [-0.39, 0.29) is 5.69 Å². The van der Waals surface area contributed by atoms with Gasteiger partial charge in [0.25, 0.3) is 0 Å². The van der Waals surface area contributed by atoms with Crippen molar-refractivity contribution in [1.82, 2.24) is 14.8 Å². The van der Waals surface area contributed by atoms with Crippen molar-refractivity contribution in [2.45, 2.75) is 13.0 Å². The van der Waals surface area contributed by atoms with Crippen LogP contribution in [-0.4, -0.2) is 32.4 Å². The molecule has 0 spiro atoms. The zero-order valence-corrected chi connectivity index (χ0v) is 9.85. The summed E-state index contributed by atoms with van der Waals surface area (Å²) in [6, 6.07) is 1.87. The van der Waals surface area contributed by atoms with Crippen LogP contribution >= 0.6 is 11.3 Å². The van der Waals surface area contributed by atoms with E-state index in [2.05, 4.69) is 15.4 Å². The predicted octanol–water partition coefficient (Wildman–Crippen LogP) is 1.54. The van der Waals surface area contributed by atoms with Crippen molar-refractivity contribution in [2.75, 3.05) is 11.9 Å². The quantitative estimate of drug-likeness (QED) is 0.762. The average molecular weight is 252 g/mol. The van der Waals surface area contributed by atoms with Crippen molar-refractivity contribution >= 4 is 22.3 Å². The highest BCUT2D eigenvalue weighted by atomic mass is 32.1. The van der Waals surface area contributed by atoms with Crippen molar-refractivity contribution in [2.24, 2.45) is 0 Å². The van der Waals surface area contributed by atoms with Gasteiger partial charge in [-0.05, 0) is 12.5 Å². The largest absolute Gasteiger partial charge is 0.476 e. The first kappa shape index (κ1) is 11.6. The molecule has 2 aromatic heterocycles. The number of hydrogen-bond donors (Lipinski definition) is 2. The number of rotatable bonds is 6. The summed E-state index contributed by atoms with van der Waals surface area (Å²) >= 11 is 1.30. The number of thiazole rings is 1. The number of carboxylic acids is 1. The Morgan fingerprint density at radius 2 is 2.47 bits per heavy atom. The number of carbonyl (C=O) groups is 1. The summed E-state index contributed by atoms with van der Waals surface area (Å²) in [5.74, 6) is -0.999. The van der Waals surface area contributed by atoms with Crippen LogP contribution in [0.5, 0.6) is 0 Å². The molecule has 0 atom stereocenters. The van der Waals surface area contributed by atoms with E-state index in [1.54, 1.807) is 6.20 Å². The molecule has 0 saturated heterocycles. The molecule has 0 aromatic carbocycles. The molecule has 2 heterocycles. The Kier molecular flexibility index (Phi) is 3.71. The van der Waals surface area contributed by atoms with Gasteiger partial charge in [-0.3, -0.25) is 4.68 Å². The normalized spacial score (nSPS) is 10.4. The van der Waals surface area contributed by atoms with Gasteiger partial charge in [-0.15, -0.1) is 11.3 Å². The molecule has 17 heavy (non-hydrogen) atoms. The Balaban J connectivity index is 1.78. The third-order valence-corrected chi connectivity index (χ3v) is 2.96. The van der Waals surface area contributed by atoms with E-state index in [0.717, 1.165) is 13.0 Å². The number of aromatic nitrogens is 3. The number of aryl methyl sites for hydroxylation is 1. The molecule has 0 unspecified atom stereocenters. The van der Waals surface area contributed by atoms with E-state index in [0.29, 0.717) is 11.5 Å². The molecule has 0 fully saturated rings. The summed E-state index contributed by atoms with van der Waals surface area (Å²) in [5, 5.41) is 16.6. The van der Waals surface area contributed by atoms with Crippen LogP contribution in [-0.2, 0) is 6.54 Å². The SMILES string of the molecule is O=C(O)c1ncsc1NCCCn1cccn1. The van der Waals surface area contributed by atoms with Crippen LogP contribution in [0.4, 0.5) is 5.00 Å². The van der Waals surface area contributed by atoms with Crippen LogP contribution in [0, 0.1) is 0 Å². The van der Waals surface area contributed by atoms with Gasteiger partial charge >= 0.3 is 5.97 Å². The minimum absolute atomic E-state index is 0.0917. The Hall–Kier alpha value is -1.89. The molecular formula is C10H12N4O2S. The molecule has 0 bridgehead atoms. The van der Waals surface area contributed by atoms with Crippen molar-refractivity contribution in [3.63, 3.8) is 0 Å². The monoisotopic (exact) mass is 252 g/mol. The van der Waals surface area contributed by atoms with E-state index in [9.17, 15) is 4.79 Å². The first-order valence-electron chi connectivity index (χ1n) is 5.15. The van der Waals surface area contributed by atoms with E-state index in [1.807, 2.05) is 16.9 Å². The highest BCUT2D eigenvalue weighted by Gasteiger charge is 2.12. The number of carboxylic acid groups (broad SMARTS) is 1. The minimum Gasteiger partial charge on any atom is -0.476 e. The van der Waals surface area contributed by atoms with Gasteiger partial charge in [0.15, 0.2) is 5.69 Å². The van der Waals surface area contributed by atoms with Gasteiger partial charge in [-0.25, -0.2) is 9.78 Å². The molecule has 0 radical (unpaired) electrons. The van der Waals surface area contributed by atoms with Gasteiger partial charge in [0.2, 0.25) is 0 Å². The van der Waals surface area contributed by atoms with Gasteiger partial charge in [0.05, 0.1) is 5.51 Å². The summed E-state index contributed by atoms with van der Waals surface area (Å²) in [4.78, 5) is 14.6. The molecule has 0 saturated carbocycles. The lowest BCUT2D eigenvalue weighted by Crippen LogP contribution is -2.09. The number of aromatic carboxylic acids is 1. The van der Waals surface area contributed by atoms with Crippen LogP contribution in [0.2, 0.25) is 0 Å². The Bertz CT molecular complexity index is 480. The molecule has 90 valence electrons. The summed E-state index contributed by atoms with van der Waals surface area (Å²) in [5.41, 5.74) is 1.62. The summed E-state index contributed by atoms with van der Waals surface area (Å²) in [6.45, 7) is 1.50. The number of hydrogen-bond acceptors (Lipinski definition) is 5. The standard InChI is InChI=1S/C10H12N4O2S/c15-10(16)8-9(17-7-12-8)11-3-1-5-14-6-2-4-13-14/h2,4,6-7,11H,1,3,5H2,(H,15,16). The van der Waals surface area contributed by atoms with Crippen molar-refractivity contribution in [3.8, 4) is 0 Å². The van der Waals surface area contributed by atoms with Crippen LogP contribution in [0.3, 0.4) is 0 Å². The second-order valence-corrected chi connectivity index (χ2v) is 4.24. The zero-order valence-electron chi connectivity index (χ0n) is 9.04. The second-order valence-electron chi connectivity index (χ2n) is 3.38. The Labute approximate surface area is 102 Å². The van der Waals surface area contributed by atoms with E-state index >= 15 is 0 Å². The lowest BCUT2D eigenvalue weighted by atomic mass is 10.4. The third kappa shape index (κ3) is 3.04. The highest BCUT2D eigenvalue weighted by molar-refractivity contribution is 7.14. The van der Waals surface area contributed by atoms with Crippen LogP contribution in [0.25, 0.3) is 0 Å². The molecule has 2 aromatic rings. The van der Waals surface area contributed by atoms with E-state index < -0.39 is 5.97 Å². The fourth-order valence-electron chi connectivity index (χ4n) is 1.40. The molecule has 0 aliphatic rings. The first-order chi connectivity index (χ1) is 8.27. The molecule has 0 aliphatic heterocycles. The fourth-order valence-corrected chi connectivity index (χ4v) is 2.10. The van der Waals surface area contributed by atoms with Gasteiger partial charge in [-0.1, -0.05) is 0 Å². The molecule has 2 rings (SSSR count). The summed E-state index contributed by atoms with van der Waals surface area (Å²) < 4.78 is 1.84. The first-order valence-corrected chi connectivity index (χ1v) is 6.03. The molecule has 2 N–H and O–H groups in total. The van der Waals surface area contributed by atoms with E-state index in [4.69, 9.17) is 5.11 Å². The van der Waals surface area contributed by atoms with Crippen molar-refractivity contribution in [3.05, 3.63) is 29.7 Å². The summed E-state index contributed by atoms with van der Waals surface area (Å²) in [6.07, 6.45) is 4.51. The topological polar surface area (TPSA) is 80.0 Å². The van der Waals surface area contributed by atoms with Gasteiger partial charge < -0.3 is 10.4 Å². The van der Waals surface area contributed by atoms with Gasteiger partial charge in [-0.2, -0.15) is 5.10 Å². The molecule has 0 amide bonds. The molecule has 7 heteroatoms. The Morgan fingerprint density at radius 3 is 3.18 bits per heavy atom. The molecular weight excluding hydrogens is 240 g/mol. The van der Waals surface area contributed by atoms with Crippen molar-refractivity contribution in [1.29, 1.82) is 0 Å². The van der Waals surface area contributed by atoms with Crippen LogP contribution < -0.4 is 5.32 Å². The van der Waals surface area contributed by atoms with Gasteiger partial charge in [0.1, 0.15) is 5.00 Å². The highest BCUT2D eigenvalue weighted by Crippen LogP contribution is 2.19. The van der Waals surface area contributed by atoms with E-state index in [1.165, 1.54) is 16.8 Å². The second kappa shape index (κ2) is 5.44. The maximum Gasteiger partial charge on any atom is 0.357 e. The number of nitrogens with zero attached hydrogens (tertiary/aromatic N) is 3. The lowest BCUT2D eigenvalue weighted by molar-refractivity contribution is 0.0692. The maximum atomic E-state index is 10.8. The minimum atomic E-state index is -0.999. The predicted molar refractivity (Wildman–Crippen MR) is 64.4 cm³/mol. The van der Waals surface area contributed by atoms with Crippen molar-refractivity contribution < 1.29 is 9.90 Å². The zero-order chi connectivity index (χ0) is 12.1. The average Bonchev–Trinajstić information content (AvgIpc) is 2.95. The maximum absolute atomic E-state index is 10.8. The third-order valence-electron chi connectivity index (χ3n) is 2.18. The number of nitrogens with one attached hydrogen (secondary N) is 1. The number of anilines is 1. The smallest absolute Gasteiger partial charge is 0.357 e. The van der Waals surface area contributed by atoms with Crippen LogP contribution in [0.1, 0.15) is 16.9 Å². The fraction of sp³-hybridized carbons (Fsp3) is 0.300.